The van der Waals surface area contributed by atoms with Crippen LogP contribution in [0.2, 0.25) is 0 Å². The lowest BCUT2D eigenvalue weighted by atomic mass is 10.2. The van der Waals surface area contributed by atoms with Crippen molar-refractivity contribution in [3.05, 3.63) is 75.6 Å². The van der Waals surface area contributed by atoms with Crippen molar-refractivity contribution in [2.75, 3.05) is 23.9 Å². The van der Waals surface area contributed by atoms with Gasteiger partial charge in [0.05, 0.1) is 5.69 Å². The number of rotatable bonds is 3. The summed E-state index contributed by atoms with van der Waals surface area (Å²) in [6.07, 6.45) is 9.34. The molecule has 0 spiro atoms. The molecule has 168 valence electrons. The highest BCUT2D eigenvalue weighted by atomic mass is 15.4. The van der Waals surface area contributed by atoms with E-state index >= 15 is 0 Å². The molecular formula is C24H17N11. The molecule has 1 aliphatic heterocycles. The maximum Gasteiger partial charge on any atom is 0.295 e. The molecule has 0 aromatic carbocycles. The maximum atomic E-state index is 9.23. The average molecular weight is 459 g/mol. The Morgan fingerprint density at radius 3 is 1.94 bits per heavy atom. The van der Waals surface area contributed by atoms with Crippen LogP contribution in [0.15, 0.2) is 30.1 Å². The molecule has 0 N–H and O–H groups in total. The molecule has 11 nitrogen and oxygen atoms in total. The lowest BCUT2D eigenvalue weighted by Gasteiger charge is -2.16. The van der Waals surface area contributed by atoms with Crippen LogP contribution in [0.3, 0.4) is 0 Å². The standard InChI is InChI=1S/C24H17N11/c1-14-17(33(4)22-19(14)31-20(27-2)21(28-3)32-22)10-8-7-9-11-18-34(5)23-24(35(18)6)30-16(13-26)15(12-25)29-23/h7-11H,1,4-6H3/b9-7+,10-8+. The van der Waals surface area contributed by atoms with Crippen molar-refractivity contribution < 1.29 is 0 Å². The molecule has 0 atom stereocenters. The van der Waals surface area contributed by atoms with Crippen molar-refractivity contribution in [3.63, 3.8) is 0 Å². The van der Waals surface area contributed by atoms with Crippen LogP contribution in [-0.2, 0) is 7.05 Å². The SMILES string of the molecule is [C-]#[N+]c1nc2c(C)c(/C=C/C=C/C=C3N(C)c4nc(C#N)c(C#N)nc4N3C)n(C)c2nc1[N+]#[C-]. The molecule has 0 bridgehead atoms. The molecule has 0 radical (unpaired) electrons. The number of hydrogen-bond donors (Lipinski definition) is 0. The monoisotopic (exact) mass is 459 g/mol. The molecule has 4 rings (SSSR count). The van der Waals surface area contributed by atoms with Crippen molar-refractivity contribution in [1.82, 2.24) is 24.5 Å². The van der Waals surface area contributed by atoms with Crippen molar-refractivity contribution in [3.8, 4) is 12.1 Å². The topological polar surface area (TPSA) is 119 Å². The first-order valence-corrected chi connectivity index (χ1v) is 10.2. The highest BCUT2D eigenvalue weighted by molar-refractivity contribution is 5.85. The summed E-state index contributed by atoms with van der Waals surface area (Å²) in [5, 5.41) is 18.5. The van der Waals surface area contributed by atoms with Crippen molar-refractivity contribution in [1.29, 1.82) is 10.5 Å². The summed E-state index contributed by atoms with van der Waals surface area (Å²) in [6, 6.07) is 3.82. The molecule has 3 aromatic heterocycles. The molecule has 35 heavy (non-hydrogen) atoms. The van der Waals surface area contributed by atoms with Crippen molar-refractivity contribution in [2.24, 2.45) is 7.05 Å². The van der Waals surface area contributed by atoms with Gasteiger partial charge in [-0.05, 0) is 19.1 Å². The Balaban J connectivity index is 1.61. The third-order valence-electron chi connectivity index (χ3n) is 5.59. The Labute approximate surface area is 201 Å². The van der Waals surface area contributed by atoms with E-state index in [1.807, 2.05) is 75.2 Å². The van der Waals surface area contributed by atoms with Gasteiger partial charge in [0.25, 0.3) is 17.3 Å². The van der Waals surface area contributed by atoms with E-state index < -0.39 is 0 Å². The van der Waals surface area contributed by atoms with Crippen LogP contribution in [0.4, 0.5) is 23.3 Å². The van der Waals surface area contributed by atoms with Gasteiger partial charge in [0, 0.05) is 26.7 Å². The van der Waals surface area contributed by atoms with E-state index in [-0.39, 0.29) is 23.0 Å². The summed E-state index contributed by atoms with van der Waals surface area (Å²) >= 11 is 0. The lowest BCUT2D eigenvalue weighted by Crippen LogP contribution is -2.21. The zero-order valence-corrected chi connectivity index (χ0v) is 19.3. The van der Waals surface area contributed by atoms with E-state index in [1.165, 1.54) is 0 Å². The first kappa shape index (κ1) is 22.7. The average Bonchev–Trinajstić information content (AvgIpc) is 3.25. The molecule has 0 unspecified atom stereocenters. The third kappa shape index (κ3) is 3.60. The number of nitrogens with zero attached hydrogens (tertiary/aromatic N) is 11. The zero-order valence-electron chi connectivity index (χ0n) is 19.3. The van der Waals surface area contributed by atoms with Crippen molar-refractivity contribution in [2.45, 2.75) is 6.92 Å². The summed E-state index contributed by atoms with van der Waals surface area (Å²) in [5.74, 6) is 1.77. The van der Waals surface area contributed by atoms with E-state index in [1.54, 1.807) is 9.80 Å². The fourth-order valence-corrected chi connectivity index (χ4v) is 3.81. The van der Waals surface area contributed by atoms with E-state index in [2.05, 4.69) is 29.6 Å². The highest BCUT2D eigenvalue weighted by Crippen LogP contribution is 2.37. The van der Waals surface area contributed by atoms with Gasteiger partial charge in [-0.1, -0.05) is 31.4 Å². The Morgan fingerprint density at radius 2 is 1.40 bits per heavy atom. The normalized spacial score (nSPS) is 12.6. The van der Waals surface area contributed by atoms with E-state index in [4.69, 9.17) is 13.1 Å². The van der Waals surface area contributed by atoms with Gasteiger partial charge in [0.1, 0.15) is 18.0 Å². The van der Waals surface area contributed by atoms with Crippen LogP contribution in [0.1, 0.15) is 22.6 Å². The molecule has 0 amide bonds. The number of anilines is 2. The fraction of sp³-hybridized carbons (Fsp3) is 0.167. The molecule has 0 saturated heterocycles. The van der Waals surface area contributed by atoms with Crippen LogP contribution < -0.4 is 9.80 Å². The van der Waals surface area contributed by atoms with Crippen LogP contribution in [0, 0.1) is 42.7 Å². The minimum absolute atomic E-state index is 0.00168. The highest BCUT2D eigenvalue weighted by Gasteiger charge is 2.30. The van der Waals surface area contributed by atoms with E-state index in [0.717, 1.165) is 17.1 Å². The van der Waals surface area contributed by atoms with Gasteiger partial charge in [-0.25, -0.2) is 9.97 Å². The fourth-order valence-electron chi connectivity index (χ4n) is 3.81. The Hall–Kier alpha value is -5.52. The summed E-state index contributed by atoms with van der Waals surface area (Å²) in [6.45, 7) is 16.4. The van der Waals surface area contributed by atoms with Crippen LogP contribution >= 0.6 is 0 Å². The van der Waals surface area contributed by atoms with Crippen LogP contribution in [0.25, 0.3) is 26.9 Å². The van der Waals surface area contributed by atoms with Gasteiger partial charge in [0.2, 0.25) is 5.52 Å². The largest absolute Gasteiger partial charge is 0.370 e. The number of nitriles is 2. The Kier molecular flexibility index (Phi) is 5.69. The second-order valence-corrected chi connectivity index (χ2v) is 7.51. The number of fused-ring (bicyclic) bond motifs is 2. The molecule has 3 aromatic rings. The predicted octanol–water partition coefficient (Wildman–Crippen LogP) is 3.91. The Bertz CT molecular complexity index is 1540. The van der Waals surface area contributed by atoms with Gasteiger partial charge in [0.15, 0.2) is 23.0 Å². The molecule has 0 aliphatic carbocycles. The molecule has 11 heteroatoms. The predicted molar refractivity (Wildman–Crippen MR) is 130 cm³/mol. The number of allylic oxidation sites excluding steroid dienone is 4. The van der Waals surface area contributed by atoms with Gasteiger partial charge in [-0.2, -0.15) is 10.5 Å². The molecule has 1 aliphatic rings. The number of aromatic nitrogens is 5. The quantitative estimate of drug-likeness (QED) is 0.427. The number of hydrogen-bond acceptors (Lipinski definition) is 8. The zero-order chi connectivity index (χ0) is 25.3. The smallest absolute Gasteiger partial charge is 0.295 e. The van der Waals surface area contributed by atoms with Gasteiger partial charge < -0.3 is 24.1 Å². The first-order chi connectivity index (χ1) is 16.9. The maximum absolute atomic E-state index is 9.23. The second-order valence-electron chi connectivity index (χ2n) is 7.51. The Morgan fingerprint density at radius 1 is 0.829 bits per heavy atom. The summed E-state index contributed by atoms with van der Waals surface area (Å²) < 4.78 is 1.84. The molecule has 4 heterocycles. The van der Waals surface area contributed by atoms with E-state index in [0.29, 0.717) is 22.8 Å². The molecule has 0 fully saturated rings. The van der Waals surface area contributed by atoms with E-state index in [9.17, 15) is 10.5 Å². The minimum atomic E-state index is -0.00688. The summed E-state index contributed by atoms with van der Waals surface area (Å²) in [4.78, 5) is 27.4. The summed E-state index contributed by atoms with van der Waals surface area (Å²) in [7, 11) is 5.46. The van der Waals surface area contributed by atoms with Gasteiger partial charge in [-0.15, -0.1) is 9.97 Å². The molecule has 0 saturated carbocycles. The van der Waals surface area contributed by atoms with Crippen LogP contribution in [-0.4, -0.2) is 38.6 Å². The third-order valence-corrected chi connectivity index (χ3v) is 5.59. The molecular weight excluding hydrogens is 442 g/mol. The van der Waals surface area contributed by atoms with Gasteiger partial charge >= 0.3 is 0 Å². The first-order valence-electron chi connectivity index (χ1n) is 10.2. The van der Waals surface area contributed by atoms with Crippen LogP contribution in [0.5, 0.6) is 0 Å². The lowest BCUT2D eigenvalue weighted by molar-refractivity contribution is 0.931. The summed E-state index contributed by atoms with van der Waals surface area (Å²) in [5.41, 5.74) is 2.85. The minimum Gasteiger partial charge on any atom is -0.370 e. The second kappa shape index (κ2) is 8.78. The van der Waals surface area contributed by atoms with Gasteiger partial charge in [-0.3, -0.25) is 0 Å². The van der Waals surface area contributed by atoms with Crippen molar-refractivity contribution >= 4 is 40.5 Å². The number of aryl methyl sites for hydroxylation is 2.